The first-order valence-corrected chi connectivity index (χ1v) is 7.61. The molecule has 0 bridgehead atoms. The van der Waals surface area contributed by atoms with Gasteiger partial charge in [-0.2, -0.15) is 10.5 Å². The topological polar surface area (TPSA) is 83.1 Å². The lowest BCUT2D eigenvalue weighted by Gasteiger charge is -2.25. The van der Waals surface area contributed by atoms with Crippen molar-refractivity contribution < 1.29 is 13.6 Å². The number of nitriles is 2. The summed E-state index contributed by atoms with van der Waals surface area (Å²) in [4.78, 5) is 0. The van der Waals surface area contributed by atoms with Gasteiger partial charge in [0.1, 0.15) is 5.66 Å². The summed E-state index contributed by atoms with van der Waals surface area (Å²) in [6.45, 7) is 3.79. The first-order valence-electron chi connectivity index (χ1n) is 6.00. The molecular formula is C14H17N2O3P. The van der Waals surface area contributed by atoms with Gasteiger partial charge in [-0.15, -0.1) is 0 Å². The van der Waals surface area contributed by atoms with E-state index in [0.717, 1.165) is 11.1 Å². The van der Waals surface area contributed by atoms with Crippen molar-refractivity contribution in [2.45, 2.75) is 19.5 Å². The van der Waals surface area contributed by atoms with Crippen molar-refractivity contribution in [2.75, 3.05) is 14.2 Å². The van der Waals surface area contributed by atoms with Gasteiger partial charge in [0, 0.05) is 14.2 Å². The molecule has 0 N–H and O–H groups in total. The summed E-state index contributed by atoms with van der Waals surface area (Å²) in [5, 5.41) is 18.3. The van der Waals surface area contributed by atoms with E-state index < -0.39 is 19.2 Å². The van der Waals surface area contributed by atoms with Crippen LogP contribution in [0.1, 0.15) is 22.3 Å². The number of hydrogen-bond acceptors (Lipinski definition) is 5. The highest BCUT2D eigenvalue weighted by Gasteiger charge is 2.42. The fourth-order valence-corrected chi connectivity index (χ4v) is 3.83. The molecule has 0 aliphatic carbocycles. The molecule has 1 unspecified atom stereocenters. The third kappa shape index (κ3) is 3.26. The molecular weight excluding hydrogens is 275 g/mol. The van der Waals surface area contributed by atoms with Crippen LogP contribution in [0.15, 0.2) is 18.2 Å². The number of rotatable bonds is 5. The van der Waals surface area contributed by atoms with E-state index in [1.165, 1.54) is 14.2 Å². The Morgan fingerprint density at radius 2 is 1.50 bits per heavy atom. The Bertz CT molecular complexity index is 574. The summed E-state index contributed by atoms with van der Waals surface area (Å²) in [6, 6.07) is 9.29. The third-order valence-corrected chi connectivity index (χ3v) is 5.32. The summed E-state index contributed by atoms with van der Waals surface area (Å²) < 4.78 is 22.7. The minimum atomic E-state index is -3.59. The fourth-order valence-electron chi connectivity index (χ4n) is 2.21. The van der Waals surface area contributed by atoms with E-state index in [2.05, 4.69) is 0 Å². The van der Waals surface area contributed by atoms with Gasteiger partial charge in [-0.1, -0.05) is 29.3 Å². The van der Waals surface area contributed by atoms with Crippen molar-refractivity contribution in [1.29, 1.82) is 10.5 Å². The Morgan fingerprint density at radius 1 is 1.05 bits per heavy atom. The standard InChI is InChI=1S/C14H17N2O3P/c1-10-5-11(2)7-12(6-10)14(13(8-15)9-16)20(17,18-3)19-4/h5-7,13-14H,1-4H3. The van der Waals surface area contributed by atoms with Gasteiger partial charge >= 0.3 is 7.60 Å². The second kappa shape index (κ2) is 6.68. The van der Waals surface area contributed by atoms with E-state index >= 15 is 0 Å². The highest BCUT2D eigenvalue weighted by Crippen LogP contribution is 2.62. The largest absolute Gasteiger partial charge is 0.339 e. The van der Waals surface area contributed by atoms with E-state index in [1.54, 1.807) is 12.1 Å². The van der Waals surface area contributed by atoms with E-state index in [4.69, 9.17) is 19.6 Å². The zero-order chi connectivity index (χ0) is 15.3. The SMILES string of the molecule is COP(=O)(OC)C(c1cc(C)cc(C)c1)C(C#N)C#N. The predicted octanol–water partition coefficient (Wildman–Crippen LogP) is 3.49. The van der Waals surface area contributed by atoms with Crippen LogP contribution in [0.3, 0.4) is 0 Å². The smallest absolute Gasteiger partial charge is 0.311 e. The lowest BCUT2D eigenvalue weighted by Crippen LogP contribution is -2.13. The molecule has 0 aromatic heterocycles. The summed E-state index contributed by atoms with van der Waals surface area (Å²) in [5.41, 5.74) is 1.60. The van der Waals surface area contributed by atoms with Gasteiger partial charge in [-0.25, -0.2) is 0 Å². The molecule has 0 fully saturated rings. The Kier molecular flexibility index (Phi) is 5.48. The van der Waals surface area contributed by atoms with Gasteiger partial charge in [0.2, 0.25) is 0 Å². The zero-order valence-electron chi connectivity index (χ0n) is 12.0. The molecule has 0 spiro atoms. The monoisotopic (exact) mass is 292 g/mol. The van der Waals surface area contributed by atoms with E-state index in [9.17, 15) is 4.57 Å². The maximum absolute atomic E-state index is 12.7. The third-order valence-electron chi connectivity index (χ3n) is 3.03. The van der Waals surface area contributed by atoms with Crippen LogP contribution in [0.25, 0.3) is 0 Å². The Hall–Kier alpha value is -1.65. The van der Waals surface area contributed by atoms with Crippen LogP contribution in [0.4, 0.5) is 0 Å². The summed E-state index contributed by atoms with van der Waals surface area (Å²) in [5.74, 6) is -1.11. The molecule has 0 aliphatic rings. The second-order valence-electron chi connectivity index (χ2n) is 4.51. The summed E-state index contributed by atoms with van der Waals surface area (Å²) in [6.07, 6.45) is 0. The Morgan fingerprint density at radius 3 is 1.85 bits per heavy atom. The molecule has 0 saturated carbocycles. The van der Waals surface area contributed by atoms with Gasteiger partial charge in [0.25, 0.3) is 0 Å². The molecule has 0 saturated heterocycles. The Balaban J connectivity index is 3.50. The van der Waals surface area contributed by atoms with Crippen LogP contribution in [0.5, 0.6) is 0 Å². The molecule has 6 heteroatoms. The minimum absolute atomic E-state index is 0.614. The number of benzene rings is 1. The highest BCUT2D eigenvalue weighted by atomic mass is 31.2. The summed E-state index contributed by atoms with van der Waals surface area (Å²) in [7, 11) is -1.08. The van der Waals surface area contributed by atoms with Crippen molar-refractivity contribution in [2.24, 2.45) is 5.92 Å². The van der Waals surface area contributed by atoms with E-state index in [1.807, 2.05) is 32.1 Å². The quantitative estimate of drug-likeness (QED) is 0.775. The van der Waals surface area contributed by atoms with Gasteiger partial charge in [0.15, 0.2) is 5.92 Å². The van der Waals surface area contributed by atoms with Crippen molar-refractivity contribution in [3.63, 3.8) is 0 Å². The van der Waals surface area contributed by atoms with E-state index in [-0.39, 0.29) is 0 Å². The number of aryl methyl sites for hydroxylation is 2. The summed E-state index contributed by atoms with van der Waals surface area (Å²) >= 11 is 0. The first kappa shape index (κ1) is 16.4. The van der Waals surface area contributed by atoms with Gasteiger partial charge in [0.05, 0.1) is 12.1 Å². The van der Waals surface area contributed by atoms with Crippen LogP contribution in [0, 0.1) is 42.4 Å². The molecule has 0 heterocycles. The van der Waals surface area contributed by atoms with Crippen molar-refractivity contribution in [1.82, 2.24) is 0 Å². The molecule has 5 nitrogen and oxygen atoms in total. The molecule has 0 aliphatic heterocycles. The molecule has 0 amide bonds. The van der Waals surface area contributed by atoms with Crippen LogP contribution in [-0.2, 0) is 13.6 Å². The molecule has 1 aromatic rings. The fraction of sp³-hybridized carbons (Fsp3) is 0.429. The average Bonchev–Trinajstić information content (AvgIpc) is 2.42. The van der Waals surface area contributed by atoms with Crippen molar-refractivity contribution in [3.05, 3.63) is 34.9 Å². The highest BCUT2D eigenvalue weighted by molar-refractivity contribution is 7.54. The molecule has 0 radical (unpaired) electrons. The van der Waals surface area contributed by atoms with Crippen molar-refractivity contribution >= 4 is 7.60 Å². The lowest BCUT2D eigenvalue weighted by atomic mass is 9.98. The van der Waals surface area contributed by atoms with Gasteiger partial charge in [-0.3, -0.25) is 4.57 Å². The van der Waals surface area contributed by atoms with Gasteiger partial charge in [-0.05, 0) is 19.4 Å². The van der Waals surface area contributed by atoms with Crippen LogP contribution >= 0.6 is 7.60 Å². The van der Waals surface area contributed by atoms with Crippen LogP contribution < -0.4 is 0 Å². The first-order chi connectivity index (χ1) is 9.41. The zero-order valence-corrected chi connectivity index (χ0v) is 12.8. The molecule has 1 rings (SSSR count). The maximum atomic E-state index is 12.7. The van der Waals surface area contributed by atoms with Gasteiger partial charge < -0.3 is 9.05 Å². The van der Waals surface area contributed by atoms with Crippen LogP contribution in [-0.4, -0.2) is 14.2 Å². The Labute approximate surface area is 119 Å². The van der Waals surface area contributed by atoms with E-state index in [0.29, 0.717) is 5.56 Å². The minimum Gasteiger partial charge on any atom is -0.311 e. The molecule has 1 atom stereocenters. The number of hydrogen-bond donors (Lipinski definition) is 0. The second-order valence-corrected chi connectivity index (χ2v) is 6.87. The number of nitrogens with zero attached hydrogens (tertiary/aromatic N) is 2. The molecule has 106 valence electrons. The lowest BCUT2D eigenvalue weighted by molar-refractivity contribution is 0.262. The molecule has 1 aromatic carbocycles. The maximum Gasteiger partial charge on any atom is 0.339 e. The van der Waals surface area contributed by atoms with Crippen molar-refractivity contribution in [3.8, 4) is 12.1 Å². The predicted molar refractivity (Wildman–Crippen MR) is 75.0 cm³/mol. The average molecular weight is 292 g/mol. The molecule has 20 heavy (non-hydrogen) atoms. The van der Waals surface area contributed by atoms with Crippen LogP contribution in [0.2, 0.25) is 0 Å². The normalized spacial score (nSPS) is 12.8.